The molecule has 0 saturated heterocycles. The van der Waals surface area contributed by atoms with Gasteiger partial charge in [0, 0.05) is 0 Å². The minimum absolute atomic E-state index is 0.168. The van der Waals surface area contributed by atoms with Gasteiger partial charge in [-0.2, -0.15) is 10.2 Å². The van der Waals surface area contributed by atoms with Crippen molar-refractivity contribution in [2.75, 3.05) is 6.54 Å². The molecule has 2 amide bonds. The number of benzene rings is 2. The maximum atomic E-state index is 11.9. The molecule has 8 heteroatoms. The summed E-state index contributed by atoms with van der Waals surface area (Å²) in [5.74, 6) is -0.676. The Morgan fingerprint density at radius 3 is 2.41 bits per heavy atom. The molecule has 0 atom stereocenters. The van der Waals surface area contributed by atoms with E-state index in [0.717, 1.165) is 11.3 Å². The Kier molecular flexibility index (Phi) is 6.76. The topological polar surface area (TPSA) is 88.4 Å². The molecule has 1 heterocycles. The Hall–Kier alpha value is -3.45. The summed E-state index contributed by atoms with van der Waals surface area (Å²) in [6.07, 6.45) is 1.65. The molecule has 1 aromatic heterocycles. The lowest BCUT2D eigenvalue weighted by Crippen LogP contribution is -2.35. The first-order chi connectivity index (χ1) is 14.0. The first-order valence-electron chi connectivity index (χ1n) is 8.97. The summed E-state index contributed by atoms with van der Waals surface area (Å²) >= 11 is 6.40. The molecule has 2 N–H and O–H groups in total. The third-order valence-corrected chi connectivity index (χ3v) is 4.45. The van der Waals surface area contributed by atoms with E-state index in [1.807, 2.05) is 60.7 Å². The Labute approximate surface area is 173 Å². The summed E-state index contributed by atoms with van der Waals surface area (Å²) < 4.78 is 1.60. The highest BCUT2D eigenvalue weighted by atomic mass is 35.5. The van der Waals surface area contributed by atoms with Crippen LogP contribution in [0.1, 0.15) is 16.8 Å². The highest BCUT2D eigenvalue weighted by molar-refractivity contribution is 6.32. The summed E-state index contributed by atoms with van der Waals surface area (Å²) in [6.45, 7) is 1.64. The van der Waals surface area contributed by atoms with E-state index in [1.54, 1.807) is 11.6 Å². The maximum absolute atomic E-state index is 11.9. The number of hydrogen-bond donors (Lipinski definition) is 2. The zero-order chi connectivity index (χ0) is 20.6. The molecule has 0 aliphatic rings. The van der Waals surface area contributed by atoms with Gasteiger partial charge >= 0.3 is 0 Å². The average Bonchev–Trinajstić information content (AvgIpc) is 3.02. The van der Waals surface area contributed by atoms with Gasteiger partial charge in [-0.3, -0.25) is 9.59 Å². The number of carbonyl (C=O) groups is 2. The van der Waals surface area contributed by atoms with Crippen LogP contribution >= 0.6 is 11.6 Å². The van der Waals surface area contributed by atoms with Crippen molar-refractivity contribution >= 4 is 29.6 Å². The van der Waals surface area contributed by atoms with E-state index in [9.17, 15) is 9.59 Å². The number of aryl methyl sites for hydroxylation is 1. The number of nitrogens with zero attached hydrogens (tertiary/aromatic N) is 3. The molecule has 0 aliphatic carbocycles. The number of para-hydroxylation sites is 1. The molecule has 2 aromatic carbocycles. The Morgan fingerprint density at radius 2 is 1.72 bits per heavy atom. The fraction of sp³-hybridized carbons (Fsp3) is 0.143. The van der Waals surface area contributed by atoms with E-state index in [1.165, 1.54) is 6.21 Å². The van der Waals surface area contributed by atoms with Crippen LogP contribution in [0.5, 0.6) is 0 Å². The van der Waals surface area contributed by atoms with Crippen molar-refractivity contribution in [3.63, 3.8) is 0 Å². The van der Waals surface area contributed by atoms with Crippen LogP contribution in [-0.2, 0) is 16.0 Å². The number of aromatic nitrogens is 2. The van der Waals surface area contributed by atoms with Crippen LogP contribution in [0.15, 0.2) is 65.8 Å². The fourth-order valence-corrected chi connectivity index (χ4v) is 2.95. The zero-order valence-corrected chi connectivity index (χ0v) is 16.6. The average molecular weight is 410 g/mol. The van der Waals surface area contributed by atoms with E-state index >= 15 is 0 Å². The minimum Gasteiger partial charge on any atom is -0.347 e. The standard InChI is InChI=1S/C21H20ClN5O2/c1-15-18(21(22)27(26-15)17-10-6-3-7-11-17)13-24-25-20(29)14-23-19(28)12-16-8-4-2-5-9-16/h2-11,13H,12,14H2,1H3,(H,23,28)(H,25,29). The summed E-state index contributed by atoms with van der Waals surface area (Å²) in [7, 11) is 0. The molecule has 0 radical (unpaired) electrons. The lowest BCUT2D eigenvalue weighted by atomic mass is 10.1. The van der Waals surface area contributed by atoms with Gasteiger partial charge < -0.3 is 5.32 Å². The molecule has 3 rings (SSSR count). The largest absolute Gasteiger partial charge is 0.347 e. The van der Waals surface area contributed by atoms with Crippen LogP contribution in [0.3, 0.4) is 0 Å². The molecular weight excluding hydrogens is 390 g/mol. The van der Waals surface area contributed by atoms with Crippen LogP contribution in [-0.4, -0.2) is 34.4 Å². The van der Waals surface area contributed by atoms with Gasteiger partial charge in [-0.15, -0.1) is 0 Å². The van der Waals surface area contributed by atoms with E-state index in [4.69, 9.17) is 11.6 Å². The maximum Gasteiger partial charge on any atom is 0.259 e. The predicted molar refractivity (Wildman–Crippen MR) is 112 cm³/mol. The first kappa shape index (κ1) is 20.3. The molecule has 0 fully saturated rings. The van der Waals surface area contributed by atoms with Crippen LogP contribution in [0.2, 0.25) is 5.15 Å². The van der Waals surface area contributed by atoms with Crippen LogP contribution in [0.4, 0.5) is 0 Å². The zero-order valence-electron chi connectivity index (χ0n) is 15.8. The molecule has 148 valence electrons. The van der Waals surface area contributed by atoms with Crippen molar-refractivity contribution in [2.24, 2.45) is 5.10 Å². The van der Waals surface area contributed by atoms with Gasteiger partial charge in [0.05, 0.1) is 36.1 Å². The third-order valence-electron chi connectivity index (χ3n) is 4.09. The number of hydrogen-bond acceptors (Lipinski definition) is 4. The number of nitrogens with one attached hydrogen (secondary N) is 2. The number of carbonyl (C=O) groups excluding carboxylic acids is 2. The van der Waals surface area contributed by atoms with Crippen molar-refractivity contribution in [2.45, 2.75) is 13.3 Å². The third kappa shape index (κ3) is 5.52. The fourth-order valence-electron chi connectivity index (χ4n) is 2.63. The lowest BCUT2D eigenvalue weighted by molar-refractivity contribution is -0.125. The minimum atomic E-state index is -0.438. The molecule has 29 heavy (non-hydrogen) atoms. The van der Waals surface area contributed by atoms with Crippen molar-refractivity contribution in [3.05, 3.63) is 82.6 Å². The quantitative estimate of drug-likeness (QED) is 0.464. The second-order valence-corrected chi connectivity index (χ2v) is 6.63. The van der Waals surface area contributed by atoms with Gasteiger partial charge in [0.25, 0.3) is 5.91 Å². The molecule has 3 aromatic rings. The van der Waals surface area contributed by atoms with Gasteiger partial charge in [0.1, 0.15) is 5.15 Å². The second-order valence-electron chi connectivity index (χ2n) is 6.27. The smallest absolute Gasteiger partial charge is 0.259 e. The van der Waals surface area contributed by atoms with Crippen molar-refractivity contribution in [1.29, 1.82) is 0 Å². The molecular formula is C21H20ClN5O2. The summed E-state index contributed by atoms with van der Waals surface area (Å²) in [5.41, 5.74) is 5.35. The van der Waals surface area contributed by atoms with Crippen LogP contribution in [0, 0.1) is 6.92 Å². The Balaban J connectivity index is 1.53. The number of amides is 2. The van der Waals surface area contributed by atoms with Crippen molar-refractivity contribution in [3.8, 4) is 5.69 Å². The normalized spacial score (nSPS) is 10.8. The van der Waals surface area contributed by atoms with Gasteiger partial charge in [-0.05, 0) is 24.6 Å². The van der Waals surface area contributed by atoms with Gasteiger partial charge in [-0.25, -0.2) is 10.1 Å². The SMILES string of the molecule is Cc1nn(-c2ccccc2)c(Cl)c1C=NNC(=O)CNC(=O)Cc1ccccc1. The Bertz CT molecular complexity index is 1020. The molecule has 0 bridgehead atoms. The first-order valence-corrected chi connectivity index (χ1v) is 9.35. The molecule has 7 nitrogen and oxygen atoms in total. The number of rotatable bonds is 7. The van der Waals surface area contributed by atoms with E-state index in [2.05, 4.69) is 20.9 Å². The summed E-state index contributed by atoms with van der Waals surface area (Å²) in [6, 6.07) is 18.8. The summed E-state index contributed by atoms with van der Waals surface area (Å²) in [4.78, 5) is 23.8. The van der Waals surface area contributed by atoms with E-state index < -0.39 is 5.91 Å². The van der Waals surface area contributed by atoms with Gasteiger partial charge in [-0.1, -0.05) is 60.1 Å². The molecule has 0 aliphatic heterocycles. The Morgan fingerprint density at radius 1 is 1.07 bits per heavy atom. The van der Waals surface area contributed by atoms with E-state index in [-0.39, 0.29) is 18.9 Å². The van der Waals surface area contributed by atoms with Gasteiger partial charge in [0.15, 0.2) is 0 Å². The lowest BCUT2D eigenvalue weighted by Gasteiger charge is -2.04. The second kappa shape index (κ2) is 9.66. The highest BCUT2D eigenvalue weighted by Crippen LogP contribution is 2.21. The van der Waals surface area contributed by atoms with Gasteiger partial charge in [0.2, 0.25) is 5.91 Å². The molecule has 0 saturated carbocycles. The highest BCUT2D eigenvalue weighted by Gasteiger charge is 2.13. The number of halogens is 1. The molecule has 0 unspecified atom stereocenters. The van der Waals surface area contributed by atoms with Crippen LogP contribution < -0.4 is 10.7 Å². The van der Waals surface area contributed by atoms with Crippen LogP contribution in [0.25, 0.3) is 5.69 Å². The number of hydrazone groups is 1. The predicted octanol–water partition coefficient (Wildman–Crippen LogP) is 2.64. The summed E-state index contributed by atoms with van der Waals surface area (Å²) in [5, 5.41) is 11.3. The van der Waals surface area contributed by atoms with E-state index in [0.29, 0.717) is 16.4 Å². The van der Waals surface area contributed by atoms with Crippen molar-refractivity contribution in [1.82, 2.24) is 20.5 Å². The monoisotopic (exact) mass is 409 g/mol. The molecule has 0 spiro atoms. The van der Waals surface area contributed by atoms with Crippen molar-refractivity contribution < 1.29 is 9.59 Å².